The lowest BCUT2D eigenvalue weighted by molar-refractivity contribution is 0.181. The maximum absolute atomic E-state index is 6.36. The molecule has 0 saturated carbocycles. The van der Waals surface area contributed by atoms with Crippen molar-refractivity contribution in [3.63, 3.8) is 0 Å². The molecule has 1 aromatic carbocycles. The van der Waals surface area contributed by atoms with E-state index in [9.17, 15) is 0 Å². The number of nitrogens with zero attached hydrogens (tertiary/aromatic N) is 2. The number of rotatable bonds is 8. The second-order valence-corrected chi connectivity index (χ2v) is 5.30. The second-order valence-electron chi connectivity index (χ2n) is 4.89. The SMILES string of the molecule is CCNC(Cc1ccccc1)c1c(Cl)cnn1CCOC. The summed E-state index contributed by atoms with van der Waals surface area (Å²) in [4.78, 5) is 0. The van der Waals surface area contributed by atoms with Crippen LogP contribution in [0.15, 0.2) is 36.5 Å². The van der Waals surface area contributed by atoms with Gasteiger partial charge in [-0.1, -0.05) is 48.9 Å². The summed E-state index contributed by atoms with van der Waals surface area (Å²) in [5, 5.41) is 8.57. The van der Waals surface area contributed by atoms with Crippen LogP contribution in [0, 0.1) is 0 Å². The molecule has 0 fully saturated rings. The molecule has 1 aromatic heterocycles. The van der Waals surface area contributed by atoms with E-state index < -0.39 is 0 Å². The lowest BCUT2D eigenvalue weighted by Gasteiger charge is -2.20. The zero-order valence-electron chi connectivity index (χ0n) is 12.6. The normalized spacial score (nSPS) is 12.5. The Balaban J connectivity index is 2.23. The fourth-order valence-corrected chi connectivity index (χ4v) is 2.71. The lowest BCUT2D eigenvalue weighted by Crippen LogP contribution is -2.26. The first kappa shape index (κ1) is 16.0. The molecule has 4 nitrogen and oxygen atoms in total. The van der Waals surface area contributed by atoms with Crippen molar-refractivity contribution in [3.05, 3.63) is 52.8 Å². The standard InChI is InChI=1S/C16H22ClN3O/c1-3-18-15(11-13-7-5-4-6-8-13)16-14(17)12-19-20(16)9-10-21-2/h4-8,12,15,18H,3,9-11H2,1-2H3. The highest BCUT2D eigenvalue weighted by Crippen LogP contribution is 2.25. The van der Waals surface area contributed by atoms with Crippen molar-refractivity contribution in [3.8, 4) is 0 Å². The molecule has 5 heteroatoms. The van der Waals surface area contributed by atoms with E-state index in [2.05, 4.69) is 41.6 Å². The molecule has 1 heterocycles. The molecule has 1 unspecified atom stereocenters. The summed E-state index contributed by atoms with van der Waals surface area (Å²) in [5.41, 5.74) is 2.30. The number of nitrogens with one attached hydrogen (secondary N) is 1. The number of ether oxygens (including phenoxy) is 1. The van der Waals surface area contributed by atoms with Crippen LogP contribution in [-0.2, 0) is 17.7 Å². The number of aromatic nitrogens is 2. The second kappa shape index (κ2) is 8.17. The largest absolute Gasteiger partial charge is 0.383 e. The van der Waals surface area contributed by atoms with Gasteiger partial charge in [-0.3, -0.25) is 4.68 Å². The summed E-state index contributed by atoms with van der Waals surface area (Å²) >= 11 is 6.36. The average molecular weight is 308 g/mol. The van der Waals surface area contributed by atoms with E-state index in [0.29, 0.717) is 18.2 Å². The van der Waals surface area contributed by atoms with E-state index in [1.165, 1.54) is 5.56 Å². The Morgan fingerprint density at radius 3 is 2.76 bits per heavy atom. The summed E-state index contributed by atoms with van der Waals surface area (Å²) in [5.74, 6) is 0. The molecular formula is C16H22ClN3O. The van der Waals surface area contributed by atoms with Crippen LogP contribution >= 0.6 is 11.6 Å². The summed E-state index contributed by atoms with van der Waals surface area (Å²) in [6.45, 7) is 4.30. The molecule has 114 valence electrons. The third-order valence-electron chi connectivity index (χ3n) is 3.40. The summed E-state index contributed by atoms with van der Waals surface area (Å²) in [6, 6.07) is 10.6. The molecule has 0 bridgehead atoms. The first-order valence-corrected chi connectivity index (χ1v) is 7.61. The zero-order valence-corrected chi connectivity index (χ0v) is 13.3. The van der Waals surface area contributed by atoms with Crippen molar-refractivity contribution >= 4 is 11.6 Å². The summed E-state index contributed by atoms with van der Waals surface area (Å²) in [7, 11) is 1.69. The Bertz CT molecular complexity index is 542. The van der Waals surface area contributed by atoms with Crippen molar-refractivity contribution in [2.45, 2.75) is 25.9 Å². The monoisotopic (exact) mass is 307 g/mol. The van der Waals surface area contributed by atoms with E-state index >= 15 is 0 Å². The summed E-state index contributed by atoms with van der Waals surface area (Å²) < 4.78 is 7.08. The van der Waals surface area contributed by atoms with Crippen LogP contribution in [0.1, 0.15) is 24.2 Å². The first-order valence-electron chi connectivity index (χ1n) is 7.23. The summed E-state index contributed by atoms with van der Waals surface area (Å²) in [6.07, 6.45) is 2.59. The zero-order chi connectivity index (χ0) is 15.1. The molecule has 0 saturated heterocycles. The van der Waals surface area contributed by atoms with E-state index in [1.807, 2.05) is 10.7 Å². The van der Waals surface area contributed by atoms with Gasteiger partial charge in [-0.25, -0.2) is 0 Å². The Morgan fingerprint density at radius 1 is 1.33 bits per heavy atom. The fraction of sp³-hybridized carbons (Fsp3) is 0.438. The van der Waals surface area contributed by atoms with Gasteiger partial charge in [-0.05, 0) is 18.5 Å². The van der Waals surface area contributed by atoms with Gasteiger partial charge in [-0.2, -0.15) is 5.10 Å². The van der Waals surface area contributed by atoms with E-state index in [4.69, 9.17) is 16.3 Å². The van der Waals surface area contributed by atoms with Crippen LogP contribution in [0.3, 0.4) is 0 Å². The number of benzene rings is 1. The minimum Gasteiger partial charge on any atom is -0.383 e. The molecule has 21 heavy (non-hydrogen) atoms. The first-order chi connectivity index (χ1) is 10.3. The third-order valence-corrected chi connectivity index (χ3v) is 3.69. The molecule has 2 aromatic rings. The van der Waals surface area contributed by atoms with Crippen LogP contribution in [0.25, 0.3) is 0 Å². The maximum Gasteiger partial charge on any atom is 0.0834 e. The quantitative estimate of drug-likeness (QED) is 0.814. The predicted octanol–water partition coefficient (Wildman–Crippen LogP) is 3.08. The number of methoxy groups -OCH3 is 1. The average Bonchev–Trinajstić information content (AvgIpc) is 2.86. The molecule has 1 atom stereocenters. The van der Waals surface area contributed by atoms with Gasteiger partial charge in [0.05, 0.1) is 36.1 Å². The van der Waals surface area contributed by atoms with E-state index in [0.717, 1.165) is 18.7 Å². The van der Waals surface area contributed by atoms with Crippen molar-refractivity contribution in [2.75, 3.05) is 20.3 Å². The smallest absolute Gasteiger partial charge is 0.0834 e. The highest BCUT2D eigenvalue weighted by Gasteiger charge is 2.20. The Hall–Kier alpha value is -1.36. The Labute approximate surface area is 131 Å². The van der Waals surface area contributed by atoms with Crippen molar-refractivity contribution in [2.24, 2.45) is 0 Å². The number of halogens is 1. The van der Waals surface area contributed by atoms with Crippen molar-refractivity contribution in [1.82, 2.24) is 15.1 Å². The number of hydrogen-bond donors (Lipinski definition) is 1. The van der Waals surface area contributed by atoms with Gasteiger partial charge in [0.15, 0.2) is 0 Å². The van der Waals surface area contributed by atoms with E-state index in [1.54, 1.807) is 13.3 Å². The minimum absolute atomic E-state index is 0.143. The van der Waals surface area contributed by atoms with Crippen molar-refractivity contribution < 1.29 is 4.74 Å². The Kier molecular flexibility index (Phi) is 6.23. The topological polar surface area (TPSA) is 39.1 Å². The van der Waals surface area contributed by atoms with Gasteiger partial charge in [0.25, 0.3) is 0 Å². The van der Waals surface area contributed by atoms with Crippen LogP contribution in [0.5, 0.6) is 0 Å². The van der Waals surface area contributed by atoms with Crippen LogP contribution < -0.4 is 5.32 Å². The third kappa shape index (κ3) is 4.30. The van der Waals surface area contributed by atoms with Crippen LogP contribution in [0.2, 0.25) is 5.02 Å². The molecule has 0 aliphatic carbocycles. The maximum atomic E-state index is 6.36. The molecule has 0 radical (unpaired) electrons. The molecule has 1 N–H and O–H groups in total. The minimum atomic E-state index is 0.143. The molecule has 0 aliphatic rings. The van der Waals surface area contributed by atoms with Gasteiger partial charge in [0.2, 0.25) is 0 Å². The highest BCUT2D eigenvalue weighted by atomic mass is 35.5. The Morgan fingerprint density at radius 2 is 2.10 bits per heavy atom. The fourth-order valence-electron chi connectivity index (χ4n) is 2.44. The number of likely N-dealkylation sites (N-methyl/N-ethyl adjacent to an activating group) is 1. The van der Waals surface area contributed by atoms with Crippen molar-refractivity contribution in [1.29, 1.82) is 0 Å². The molecule has 0 spiro atoms. The van der Waals surface area contributed by atoms with Gasteiger partial charge in [-0.15, -0.1) is 0 Å². The van der Waals surface area contributed by atoms with Gasteiger partial charge in [0, 0.05) is 7.11 Å². The highest BCUT2D eigenvalue weighted by molar-refractivity contribution is 6.31. The predicted molar refractivity (Wildman–Crippen MR) is 85.7 cm³/mol. The lowest BCUT2D eigenvalue weighted by atomic mass is 10.0. The molecule has 2 rings (SSSR count). The number of hydrogen-bond acceptors (Lipinski definition) is 3. The van der Waals surface area contributed by atoms with Gasteiger partial charge < -0.3 is 10.1 Å². The van der Waals surface area contributed by atoms with Gasteiger partial charge >= 0.3 is 0 Å². The molecule has 0 amide bonds. The van der Waals surface area contributed by atoms with Crippen LogP contribution in [0.4, 0.5) is 0 Å². The molecule has 0 aliphatic heterocycles. The van der Waals surface area contributed by atoms with E-state index in [-0.39, 0.29) is 6.04 Å². The van der Waals surface area contributed by atoms with Gasteiger partial charge in [0.1, 0.15) is 0 Å². The molecular weight excluding hydrogens is 286 g/mol. The van der Waals surface area contributed by atoms with Crippen LogP contribution in [-0.4, -0.2) is 30.0 Å².